The van der Waals surface area contributed by atoms with Gasteiger partial charge in [0.15, 0.2) is 0 Å². The average Bonchev–Trinajstić information content (AvgIpc) is 2.36. The highest BCUT2D eigenvalue weighted by atomic mass is 16.5. The molecular formula is C13H22N2O2. The summed E-state index contributed by atoms with van der Waals surface area (Å²) in [6.07, 6.45) is 3.87. The van der Waals surface area contributed by atoms with Crippen molar-refractivity contribution in [2.24, 2.45) is 5.41 Å². The predicted molar refractivity (Wildman–Crippen MR) is 65.2 cm³/mol. The minimum Gasteiger partial charge on any atom is -0.468 e. The molecule has 0 aromatic heterocycles. The van der Waals surface area contributed by atoms with E-state index in [0.717, 1.165) is 38.8 Å². The van der Waals surface area contributed by atoms with Crippen molar-refractivity contribution in [3.05, 3.63) is 0 Å². The summed E-state index contributed by atoms with van der Waals surface area (Å²) in [5, 5.41) is 8.98. The Morgan fingerprint density at radius 2 is 2.24 bits per heavy atom. The van der Waals surface area contributed by atoms with Gasteiger partial charge in [-0.2, -0.15) is 5.26 Å². The number of ether oxygens (including phenoxy) is 1. The largest absolute Gasteiger partial charge is 0.468 e. The SMILES string of the molecule is COC(=O)[C@H]1CCCCN1CCC(C)(C)C#N. The molecule has 1 saturated heterocycles. The fraction of sp³-hybridized carbons (Fsp3) is 0.846. The summed E-state index contributed by atoms with van der Waals surface area (Å²) in [5.74, 6) is -0.139. The van der Waals surface area contributed by atoms with E-state index in [2.05, 4.69) is 11.0 Å². The summed E-state index contributed by atoms with van der Waals surface area (Å²) in [4.78, 5) is 13.8. The highest BCUT2D eigenvalue weighted by Crippen LogP contribution is 2.23. The van der Waals surface area contributed by atoms with Crippen LogP contribution in [0, 0.1) is 16.7 Å². The molecule has 0 N–H and O–H groups in total. The molecule has 0 bridgehead atoms. The Morgan fingerprint density at radius 3 is 2.82 bits per heavy atom. The highest BCUT2D eigenvalue weighted by Gasteiger charge is 2.30. The van der Waals surface area contributed by atoms with E-state index in [4.69, 9.17) is 10.00 Å². The van der Waals surface area contributed by atoms with Crippen molar-refractivity contribution in [1.29, 1.82) is 5.26 Å². The third-order valence-corrected chi connectivity index (χ3v) is 3.41. The van der Waals surface area contributed by atoms with E-state index in [-0.39, 0.29) is 17.4 Å². The number of piperidine rings is 1. The van der Waals surface area contributed by atoms with Crippen LogP contribution in [0.4, 0.5) is 0 Å². The Kier molecular flexibility index (Phi) is 4.95. The van der Waals surface area contributed by atoms with Gasteiger partial charge in [0.25, 0.3) is 0 Å². The molecule has 17 heavy (non-hydrogen) atoms. The molecule has 4 nitrogen and oxygen atoms in total. The molecule has 0 aromatic rings. The second kappa shape index (κ2) is 6.02. The van der Waals surface area contributed by atoms with Gasteiger partial charge >= 0.3 is 5.97 Å². The number of hydrogen-bond donors (Lipinski definition) is 0. The van der Waals surface area contributed by atoms with Gasteiger partial charge in [-0.25, -0.2) is 0 Å². The lowest BCUT2D eigenvalue weighted by atomic mass is 9.90. The van der Waals surface area contributed by atoms with Gasteiger partial charge in [0, 0.05) is 6.54 Å². The Hall–Kier alpha value is -1.08. The second-order valence-electron chi connectivity index (χ2n) is 5.32. The number of nitrogens with zero attached hydrogens (tertiary/aromatic N) is 2. The molecule has 0 radical (unpaired) electrons. The Balaban J connectivity index is 2.55. The zero-order chi connectivity index (χ0) is 12.9. The van der Waals surface area contributed by atoms with Crippen molar-refractivity contribution in [1.82, 2.24) is 4.90 Å². The number of rotatable bonds is 4. The van der Waals surface area contributed by atoms with Crippen LogP contribution >= 0.6 is 0 Å². The lowest BCUT2D eigenvalue weighted by Gasteiger charge is -2.34. The van der Waals surface area contributed by atoms with Crippen LogP contribution in [-0.4, -0.2) is 37.1 Å². The molecule has 0 aliphatic carbocycles. The molecule has 0 saturated carbocycles. The van der Waals surface area contributed by atoms with Crippen molar-refractivity contribution in [2.45, 2.75) is 45.6 Å². The molecule has 0 aromatic carbocycles. The predicted octanol–water partition coefficient (Wildman–Crippen LogP) is 1.95. The maximum absolute atomic E-state index is 11.6. The van der Waals surface area contributed by atoms with Gasteiger partial charge in [0.1, 0.15) is 6.04 Å². The first-order valence-electron chi connectivity index (χ1n) is 6.23. The quantitative estimate of drug-likeness (QED) is 0.702. The molecule has 1 rings (SSSR count). The molecule has 1 atom stereocenters. The van der Waals surface area contributed by atoms with E-state index in [1.165, 1.54) is 7.11 Å². The fourth-order valence-corrected chi connectivity index (χ4v) is 2.14. The third-order valence-electron chi connectivity index (χ3n) is 3.41. The lowest BCUT2D eigenvalue weighted by molar-refractivity contribution is -0.148. The molecule has 1 aliphatic rings. The Bertz CT molecular complexity index is 307. The topological polar surface area (TPSA) is 53.3 Å². The van der Waals surface area contributed by atoms with Gasteiger partial charge in [0.2, 0.25) is 0 Å². The summed E-state index contributed by atoms with van der Waals surface area (Å²) in [5.41, 5.74) is -0.321. The van der Waals surface area contributed by atoms with Crippen LogP contribution < -0.4 is 0 Å². The van der Waals surface area contributed by atoms with E-state index in [1.807, 2.05) is 13.8 Å². The summed E-state index contributed by atoms with van der Waals surface area (Å²) in [7, 11) is 1.44. The standard InChI is InChI=1S/C13H22N2O2/c1-13(2,10-14)7-9-15-8-5-4-6-11(15)12(16)17-3/h11H,4-9H2,1-3H3/t11-/m1/s1. The first-order valence-corrected chi connectivity index (χ1v) is 6.23. The molecular weight excluding hydrogens is 216 g/mol. The smallest absolute Gasteiger partial charge is 0.323 e. The van der Waals surface area contributed by atoms with Crippen molar-refractivity contribution < 1.29 is 9.53 Å². The number of carbonyl (C=O) groups is 1. The first-order chi connectivity index (χ1) is 8.00. The van der Waals surface area contributed by atoms with E-state index in [9.17, 15) is 4.79 Å². The minimum absolute atomic E-state index is 0.108. The van der Waals surface area contributed by atoms with Crippen molar-refractivity contribution in [2.75, 3.05) is 20.2 Å². The van der Waals surface area contributed by atoms with Crippen LogP contribution in [0.2, 0.25) is 0 Å². The maximum atomic E-state index is 11.6. The second-order valence-corrected chi connectivity index (χ2v) is 5.32. The normalized spacial score (nSPS) is 21.9. The maximum Gasteiger partial charge on any atom is 0.323 e. The summed E-state index contributed by atoms with van der Waals surface area (Å²) in [6, 6.07) is 2.19. The van der Waals surface area contributed by atoms with Gasteiger partial charge in [-0.05, 0) is 39.7 Å². The zero-order valence-corrected chi connectivity index (χ0v) is 11.0. The molecule has 0 unspecified atom stereocenters. The zero-order valence-electron chi connectivity index (χ0n) is 11.0. The van der Waals surface area contributed by atoms with Crippen LogP contribution in [0.3, 0.4) is 0 Å². The van der Waals surface area contributed by atoms with Crippen molar-refractivity contribution in [3.63, 3.8) is 0 Å². The van der Waals surface area contributed by atoms with Gasteiger partial charge in [-0.15, -0.1) is 0 Å². The van der Waals surface area contributed by atoms with Crippen LogP contribution in [0.1, 0.15) is 39.5 Å². The summed E-state index contributed by atoms with van der Waals surface area (Å²) < 4.78 is 4.83. The van der Waals surface area contributed by atoms with Crippen molar-refractivity contribution in [3.8, 4) is 6.07 Å². The Morgan fingerprint density at radius 1 is 1.53 bits per heavy atom. The number of esters is 1. The van der Waals surface area contributed by atoms with Crippen LogP contribution in [-0.2, 0) is 9.53 Å². The summed E-state index contributed by atoms with van der Waals surface area (Å²) >= 11 is 0. The van der Waals surface area contributed by atoms with Crippen molar-refractivity contribution >= 4 is 5.97 Å². The number of hydrogen-bond acceptors (Lipinski definition) is 4. The van der Waals surface area contributed by atoms with E-state index in [0.29, 0.717) is 0 Å². The fourth-order valence-electron chi connectivity index (χ4n) is 2.14. The molecule has 0 spiro atoms. The van der Waals surface area contributed by atoms with Gasteiger partial charge in [-0.3, -0.25) is 9.69 Å². The molecule has 1 heterocycles. The molecule has 1 fully saturated rings. The lowest BCUT2D eigenvalue weighted by Crippen LogP contribution is -2.46. The first kappa shape index (κ1) is 14.0. The number of carbonyl (C=O) groups excluding carboxylic acids is 1. The number of nitriles is 1. The van der Waals surface area contributed by atoms with Gasteiger partial charge < -0.3 is 4.74 Å². The van der Waals surface area contributed by atoms with E-state index < -0.39 is 0 Å². The highest BCUT2D eigenvalue weighted by molar-refractivity contribution is 5.75. The average molecular weight is 238 g/mol. The van der Waals surface area contributed by atoms with Gasteiger partial charge in [0.05, 0.1) is 18.6 Å². The monoisotopic (exact) mass is 238 g/mol. The Labute approximate surface area is 104 Å². The van der Waals surface area contributed by atoms with Crippen LogP contribution in [0.25, 0.3) is 0 Å². The molecule has 96 valence electrons. The van der Waals surface area contributed by atoms with Gasteiger partial charge in [-0.1, -0.05) is 6.42 Å². The van der Waals surface area contributed by atoms with Crippen LogP contribution in [0.5, 0.6) is 0 Å². The third kappa shape index (κ3) is 4.01. The molecule has 1 aliphatic heterocycles. The minimum atomic E-state index is -0.321. The summed E-state index contributed by atoms with van der Waals surface area (Å²) in [6.45, 7) is 5.59. The van der Waals surface area contributed by atoms with Crippen LogP contribution in [0.15, 0.2) is 0 Å². The molecule has 0 amide bonds. The molecule has 4 heteroatoms. The van der Waals surface area contributed by atoms with E-state index in [1.54, 1.807) is 0 Å². The number of methoxy groups -OCH3 is 1. The van der Waals surface area contributed by atoms with E-state index >= 15 is 0 Å². The number of likely N-dealkylation sites (tertiary alicyclic amines) is 1.